The van der Waals surface area contributed by atoms with Crippen molar-refractivity contribution in [1.29, 1.82) is 0 Å². The Morgan fingerprint density at radius 2 is 1.58 bits per heavy atom. The van der Waals surface area contributed by atoms with E-state index in [1.807, 2.05) is 24.3 Å². The summed E-state index contributed by atoms with van der Waals surface area (Å²) in [6.07, 6.45) is 6.83. The third-order valence-corrected chi connectivity index (χ3v) is 8.08. The van der Waals surface area contributed by atoms with E-state index in [0.717, 1.165) is 41.6 Å². The Bertz CT molecular complexity index is 1490. The van der Waals surface area contributed by atoms with Gasteiger partial charge in [-0.15, -0.1) is 0 Å². The highest BCUT2D eigenvalue weighted by molar-refractivity contribution is 6.39. The van der Waals surface area contributed by atoms with Gasteiger partial charge in [0.1, 0.15) is 5.66 Å². The quantitative estimate of drug-likeness (QED) is 0.490. The van der Waals surface area contributed by atoms with Gasteiger partial charge in [0.2, 0.25) is 0 Å². The van der Waals surface area contributed by atoms with Crippen LogP contribution >= 0.6 is 0 Å². The number of anilines is 1. The molecule has 1 aliphatic carbocycles. The van der Waals surface area contributed by atoms with Crippen molar-refractivity contribution in [2.24, 2.45) is 10.9 Å². The summed E-state index contributed by atoms with van der Waals surface area (Å²) in [7, 11) is 0. The van der Waals surface area contributed by atoms with Crippen molar-refractivity contribution in [2.45, 2.75) is 51.1 Å². The molecule has 180 valence electrons. The number of benzene rings is 3. The van der Waals surface area contributed by atoms with Crippen LogP contribution in [0.5, 0.6) is 0 Å². The number of Topliss-reactive ketones (excluding diaryl/α,β-unsaturated/α-hetero) is 2. The molecule has 0 amide bonds. The lowest BCUT2D eigenvalue weighted by Crippen LogP contribution is -2.55. The van der Waals surface area contributed by atoms with Crippen molar-refractivity contribution in [1.82, 2.24) is 0 Å². The van der Waals surface area contributed by atoms with E-state index in [1.54, 1.807) is 0 Å². The second kappa shape index (κ2) is 8.70. The first kappa shape index (κ1) is 22.7. The topological polar surface area (TPSA) is 49.7 Å². The SMILES string of the molecule is CC(=O)C(C(C)=O)=c1ccc2c(c1)N1C(c3ccccc3)=CC(c3ccccc3)C3CCCCC31N=2. The summed E-state index contributed by atoms with van der Waals surface area (Å²) in [5, 5.41) is 1.61. The van der Waals surface area contributed by atoms with Gasteiger partial charge in [-0.2, -0.15) is 0 Å². The average molecular weight is 475 g/mol. The first-order valence-corrected chi connectivity index (χ1v) is 12.9. The number of nitrogens with zero attached hydrogens (tertiary/aromatic N) is 2. The molecule has 0 N–H and O–H groups in total. The summed E-state index contributed by atoms with van der Waals surface area (Å²) in [5.41, 5.74) is 4.48. The fraction of sp³-hybridized carbons (Fsp3) is 0.281. The van der Waals surface area contributed by atoms with E-state index in [-0.39, 0.29) is 28.7 Å². The van der Waals surface area contributed by atoms with E-state index < -0.39 is 0 Å². The van der Waals surface area contributed by atoms with E-state index in [9.17, 15) is 9.59 Å². The molecular formula is C32H30N2O2. The lowest BCUT2D eigenvalue weighted by Gasteiger charge is -2.53. The van der Waals surface area contributed by atoms with Crippen molar-refractivity contribution in [3.63, 3.8) is 0 Å². The second-order valence-corrected chi connectivity index (χ2v) is 10.2. The molecular weight excluding hydrogens is 444 g/mol. The summed E-state index contributed by atoms with van der Waals surface area (Å²) >= 11 is 0. The van der Waals surface area contributed by atoms with Crippen molar-refractivity contribution in [2.75, 3.05) is 4.90 Å². The van der Waals surface area contributed by atoms with Gasteiger partial charge in [0, 0.05) is 17.5 Å². The molecule has 1 saturated carbocycles. The van der Waals surface area contributed by atoms with Crippen LogP contribution in [0.25, 0.3) is 11.3 Å². The van der Waals surface area contributed by atoms with Crippen LogP contribution in [-0.4, -0.2) is 17.2 Å². The minimum absolute atomic E-state index is 0.204. The van der Waals surface area contributed by atoms with E-state index in [2.05, 4.69) is 65.6 Å². The third-order valence-electron chi connectivity index (χ3n) is 8.08. The van der Waals surface area contributed by atoms with Crippen LogP contribution in [0.15, 0.2) is 89.9 Å². The molecule has 0 aromatic heterocycles. The molecule has 2 heterocycles. The maximum atomic E-state index is 12.4. The van der Waals surface area contributed by atoms with Crippen LogP contribution in [0, 0.1) is 5.92 Å². The molecule has 0 radical (unpaired) electrons. The van der Waals surface area contributed by atoms with Crippen molar-refractivity contribution < 1.29 is 9.59 Å². The molecule has 3 unspecified atom stereocenters. The smallest absolute Gasteiger partial charge is 0.163 e. The molecule has 4 heteroatoms. The maximum Gasteiger partial charge on any atom is 0.163 e. The second-order valence-electron chi connectivity index (χ2n) is 10.2. The van der Waals surface area contributed by atoms with Crippen molar-refractivity contribution in [3.8, 4) is 0 Å². The van der Waals surface area contributed by atoms with Gasteiger partial charge in [0.15, 0.2) is 11.6 Å². The zero-order valence-corrected chi connectivity index (χ0v) is 20.8. The molecule has 3 aliphatic rings. The van der Waals surface area contributed by atoms with Crippen LogP contribution in [0.4, 0.5) is 5.69 Å². The Labute approximate surface area is 211 Å². The summed E-state index contributed by atoms with van der Waals surface area (Å²) in [5.74, 6) is 0.182. The largest absolute Gasteiger partial charge is 0.314 e. The van der Waals surface area contributed by atoms with E-state index in [4.69, 9.17) is 4.99 Å². The predicted molar refractivity (Wildman–Crippen MR) is 143 cm³/mol. The fourth-order valence-electron chi connectivity index (χ4n) is 6.66. The van der Waals surface area contributed by atoms with E-state index >= 15 is 0 Å². The monoisotopic (exact) mass is 474 g/mol. The molecule has 1 spiro atoms. The number of carbonyl (C=O) groups excluding carboxylic acids is 2. The maximum absolute atomic E-state index is 12.4. The first-order valence-electron chi connectivity index (χ1n) is 12.9. The minimum Gasteiger partial charge on any atom is -0.314 e. The highest BCUT2D eigenvalue weighted by atomic mass is 16.1. The molecule has 4 nitrogen and oxygen atoms in total. The molecule has 36 heavy (non-hydrogen) atoms. The Balaban J connectivity index is 1.64. The number of hydrogen-bond donors (Lipinski definition) is 0. The van der Waals surface area contributed by atoms with Gasteiger partial charge in [-0.25, -0.2) is 0 Å². The Hall–Kier alpha value is -3.79. The Kier molecular flexibility index (Phi) is 5.48. The summed E-state index contributed by atoms with van der Waals surface area (Å²) in [6, 6.07) is 27.2. The first-order chi connectivity index (χ1) is 17.5. The zero-order chi connectivity index (χ0) is 24.9. The van der Waals surface area contributed by atoms with Crippen LogP contribution in [0.1, 0.15) is 56.6 Å². The standard InChI is InChI=1S/C32H30N2O2/c1-21(35)31(22(2)36)25-16-17-28-30(19-25)34-29(24-13-7-4-8-14-24)20-26(23-11-5-3-6-12-23)27-15-9-10-18-32(27,34)33-28/h3-8,11-14,16-17,19-20,26-27H,9-10,15,18H2,1-2H3. The number of allylic oxidation sites excluding steroid dienone is 1. The molecule has 0 saturated heterocycles. The lowest BCUT2D eigenvalue weighted by molar-refractivity contribution is -0.116. The molecule has 3 aromatic rings. The van der Waals surface area contributed by atoms with Gasteiger partial charge in [-0.3, -0.25) is 14.6 Å². The van der Waals surface area contributed by atoms with E-state index in [0.29, 0.717) is 11.1 Å². The number of fused-ring (bicyclic) bond motifs is 2. The number of carbonyl (C=O) groups is 2. The van der Waals surface area contributed by atoms with Crippen LogP contribution in [0.3, 0.4) is 0 Å². The average Bonchev–Trinajstić information content (AvgIpc) is 3.21. The molecule has 3 atom stereocenters. The van der Waals surface area contributed by atoms with Gasteiger partial charge in [0.05, 0.1) is 16.6 Å². The van der Waals surface area contributed by atoms with Crippen molar-refractivity contribution in [3.05, 3.63) is 107 Å². The fourth-order valence-corrected chi connectivity index (χ4v) is 6.66. The van der Waals surface area contributed by atoms with Gasteiger partial charge in [-0.05, 0) is 61.6 Å². The summed E-state index contributed by atoms with van der Waals surface area (Å²) < 4.78 is 0. The van der Waals surface area contributed by atoms with Crippen molar-refractivity contribution >= 4 is 28.5 Å². The van der Waals surface area contributed by atoms with Gasteiger partial charge < -0.3 is 4.90 Å². The van der Waals surface area contributed by atoms with Gasteiger partial charge in [-0.1, -0.05) is 79.2 Å². The van der Waals surface area contributed by atoms with Crippen LogP contribution < -0.4 is 15.5 Å². The normalized spacial score (nSPS) is 24.1. The summed E-state index contributed by atoms with van der Waals surface area (Å²) in [6.45, 7) is 2.93. The highest BCUT2D eigenvalue weighted by Gasteiger charge is 2.55. The van der Waals surface area contributed by atoms with Crippen LogP contribution in [0.2, 0.25) is 0 Å². The third kappa shape index (κ3) is 3.47. The van der Waals surface area contributed by atoms with Crippen LogP contribution in [-0.2, 0) is 9.59 Å². The molecule has 1 fully saturated rings. The Morgan fingerprint density at radius 1 is 0.889 bits per heavy atom. The molecule has 3 aromatic carbocycles. The lowest BCUT2D eigenvalue weighted by atomic mass is 9.66. The van der Waals surface area contributed by atoms with E-state index in [1.165, 1.54) is 25.8 Å². The Morgan fingerprint density at radius 3 is 2.28 bits per heavy atom. The zero-order valence-electron chi connectivity index (χ0n) is 20.8. The summed E-state index contributed by atoms with van der Waals surface area (Å²) in [4.78, 5) is 32.7. The number of rotatable bonds is 4. The molecule has 0 bridgehead atoms. The highest BCUT2D eigenvalue weighted by Crippen LogP contribution is 2.55. The molecule has 2 aliphatic heterocycles. The minimum atomic E-state index is -0.383. The predicted octanol–water partition coefficient (Wildman–Crippen LogP) is 5.18. The van der Waals surface area contributed by atoms with Gasteiger partial charge in [0.25, 0.3) is 0 Å². The molecule has 6 rings (SSSR count). The van der Waals surface area contributed by atoms with Gasteiger partial charge >= 0.3 is 0 Å². The number of ketones is 2. The number of hydrogen-bond acceptors (Lipinski definition) is 4.